The summed E-state index contributed by atoms with van der Waals surface area (Å²) in [5.74, 6) is -3.97. The quantitative estimate of drug-likeness (QED) is 0.500. The maximum Gasteiger partial charge on any atom is 0.286 e. The van der Waals surface area contributed by atoms with E-state index in [2.05, 4.69) is 9.97 Å². The van der Waals surface area contributed by atoms with Crippen LogP contribution in [-0.4, -0.2) is 31.9 Å². The van der Waals surface area contributed by atoms with Crippen molar-refractivity contribution in [1.29, 1.82) is 0 Å². The molecular weight excluding hydrogens is 377 g/mol. The third kappa shape index (κ3) is 3.16. The van der Waals surface area contributed by atoms with Crippen LogP contribution in [0, 0.1) is 18.7 Å². The molecule has 29 heavy (non-hydrogen) atoms. The SMILES string of the molecule is Cc1ccc(-n2c(=O)c(C(=O)C3C(=O)CCCC3=O)nc3cccnc32)cc1F. The van der Waals surface area contributed by atoms with Gasteiger partial charge in [0.05, 0.1) is 5.69 Å². The topological polar surface area (TPSA) is 99.0 Å². The number of Topliss-reactive ketones (excluding diaryl/α,β-unsaturated/α-hetero) is 3. The third-order valence-electron chi connectivity index (χ3n) is 5.02. The highest BCUT2D eigenvalue weighted by molar-refractivity contribution is 6.24. The van der Waals surface area contributed by atoms with E-state index in [1.807, 2.05) is 0 Å². The summed E-state index contributed by atoms with van der Waals surface area (Å²) in [6.45, 7) is 1.58. The molecule has 1 aromatic carbocycles. The molecule has 0 bridgehead atoms. The molecular formula is C21H16FN3O4. The zero-order chi connectivity index (χ0) is 20.7. The number of hydrogen-bond donors (Lipinski definition) is 0. The summed E-state index contributed by atoms with van der Waals surface area (Å²) in [7, 11) is 0. The number of halogens is 1. The lowest BCUT2D eigenvalue weighted by molar-refractivity contribution is -0.133. The summed E-state index contributed by atoms with van der Waals surface area (Å²) >= 11 is 0. The van der Waals surface area contributed by atoms with Gasteiger partial charge in [-0.3, -0.25) is 23.7 Å². The molecule has 1 aliphatic rings. The molecule has 2 aromatic heterocycles. The van der Waals surface area contributed by atoms with Crippen LogP contribution in [0.5, 0.6) is 0 Å². The normalized spacial score (nSPS) is 15.1. The molecule has 0 radical (unpaired) electrons. The van der Waals surface area contributed by atoms with Crippen molar-refractivity contribution in [2.75, 3.05) is 0 Å². The van der Waals surface area contributed by atoms with Crippen LogP contribution in [0.4, 0.5) is 4.39 Å². The highest BCUT2D eigenvalue weighted by atomic mass is 19.1. The zero-order valence-corrected chi connectivity index (χ0v) is 15.5. The van der Waals surface area contributed by atoms with Crippen molar-refractivity contribution in [2.24, 2.45) is 5.92 Å². The molecule has 0 spiro atoms. The lowest BCUT2D eigenvalue weighted by Gasteiger charge is -2.18. The highest BCUT2D eigenvalue weighted by Crippen LogP contribution is 2.22. The summed E-state index contributed by atoms with van der Waals surface area (Å²) in [6.07, 6.45) is 2.05. The van der Waals surface area contributed by atoms with E-state index in [9.17, 15) is 23.6 Å². The maximum absolute atomic E-state index is 14.1. The van der Waals surface area contributed by atoms with Gasteiger partial charge in [0.2, 0.25) is 5.78 Å². The molecule has 0 atom stereocenters. The van der Waals surface area contributed by atoms with Crippen LogP contribution in [0.3, 0.4) is 0 Å². The van der Waals surface area contributed by atoms with Gasteiger partial charge in [0.15, 0.2) is 22.9 Å². The smallest absolute Gasteiger partial charge is 0.286 e. The number of ketones is 3. The predicted molar refractivity (Wildman–Crippen MR) is 102 cm³/mol. The first-order chi connectivity index (χ1) is 13.9. The van der Waals surface area contributed by atoms with Crippen LogP contribution in [0.15, 0.2) is 41.3 Å². The second-order valence-electron chi connectivity index (χ2n) is 6.96. The lowest BCUT2D eigenvalue weighted by atomic mass is 9.83. The molecule has 0 saturated heterocycles. The number of rotatable bonds is 3. The second-order valence-corrected chi connectivity index (χ2v) is 6.96. The van der Waals surface area contributed by atoms with Crippen molar-refractivity contribution < 1.29 is 18.8 Å². The van der Waals surface area contributed by atoms with Gasteiger partial charge in [-0.1, -0.05) is 6.07 Å². The molecule has 7 nitrogen and oxygen atoms in total. The Morgan fingerprint density at radius 1 is 1.14 bits per heavy atom. The van der Waals surface area contributed by atoms with Crippen LogP contribution >= 0.6 is 0 Å². The van der Waals surface area contributed by atoms with Gasteiger partial charge in [-0.25, -0.2) is 14.4 Å². The van der Waals surface area contributed by atoms with Gasteiger partial charge >= 0.3 is 0 Å². The Morgan fingerprint density at radius 2 is 1.86 bits per heavy atom. The van der Waals surface area contributed by atoms with E-state index in [1.54, 1.807) is 19.1 Å². The molecule has 8 heteroatoms. The monoisotopic (exact) mass is 393 g/mol. The fourth-order valence-electron chi connectivity index (χ4n) is 3.47. The molecule has 3 aromatic rings. The number of nitrogens with zero attached hydrogens (tertiary/aromatic N) is 3. The average molecular weight is 393 g/mol. The number of aryl methyl sites for hydroxylation is 1. The van der Waals surface area contributed by atoms with Crippen LogP contribution < -0.4 is 5.56 Å². The van der Waals surface area contributed by atoms with Crippen molar-refractivity contribution >= 4 is 28.5 Å². The van der Waals surface area contributed by atoms with Crippen LogP contribution in [0.2, 0.25) is 0 Å². The fourth-order valence-corrected chi connectivity index (χ4v) is 3.47. The van der Waals surface area contributed by atoms with Crippen molar-refractivity contribution in [3.8, 4) is 5.69 Å². The van der Waals surface area contributed by atoms with Gasteiger partial charge in [-0.15, -0.1) is 0 Å². The van der Waals surface area contributed by atoms with Gasteiger partial charge in [-0.05, 0) is 43.2 Å². The Hall–Kier alpha value is -3.55. The molecule has 0 N–H and O–H groups in total. The summed E-state index contributed by atoms with van der Waals surface area (Å²) in [6, 6.07) is 7.31. The number of hydrogen-bond acceptors (Lipinski definition) is 6. The predicted octanol–water partition coefficient (Wildman–Crippen LogP) is 2.35. The van der Waals surface area contributed by atoms with Gasteiger partial charge in [0.25, 0.3) is 5.56 Å². The van der Waals surface area contributed by atoms with Crippen LogP contribution in [0.25, 0.3) is 16.9 Å². The fraction of sp³-hybridized carbons (Fsp3) is 0.238. The first kappa shape index (κ1) is 18.8. The lowest BCUT2D eigenvalue weighted by Crippen LogP contribution is -2.39. The first-order valence-electron chi connectivity index (χ1n) is 9.12. The molecule has 0 unspecified atom stereocenters. The molecule has 1 fully saturated rings. The molecule has 146 valence electrons. The number of carbonyl (C=O) groups is 3. The molecule has 1 aliphatic carbocycles. The van der Waals surface area contributed by atoms with Crippen LogP contribution in [0.1, 0.15) is 35.3 Å². The van der Waals surface area contributed by atoms with Crippen molar-refractivity contribution in [2.45, 2.75) is 26.2 Å². The minimum atomic E-state index is -1.51. The number of aromatic nitrogens is 3. The Kier molecular flexibility index (Phi) is 4.62. The maximum atomic E-state index is 14.1. The van der Waals surface area contributed by atoms with Gasteiger partial charge in [0, 0.05) is 19.0 Å². The number of fused-ring (bicyclic) bond motifs is 1. The Balaban J connectivity index is 1.97. The van der Waals surface area contributed by atoms with Gasteiger partial charge < -0.3 is 0 Å². The van der Waals surface area contributed by atoms with Gasteiger partial charge in [0.1, 0.15) is 17.3 Å². The summed E-state index contributed by atoms with van der Waals surface area (Å²) in [5.41, 5.74) is -0.469. The largest absolute Gasteiger partial charge is 0.298 e. The number of pyridine rings is 1. The van der Waals surface area contributed by atoms with Crippen molar-refractivity contribution in [3.05, 3.63) is 64.0 Å². The van der Waals surface area contributed by atoms with E-state index < -0.39 is 40.3 Å². The Labute approximate surface area is 164 Å². The van der Waals surface area contributed by atoms with E-state index in [1.165, 1.54) is 18.3 Å². The molecule has 1 saturated carbocycles. The van der Waals surface area contributed by atoms with E-state index in [4.69, 9.17) is 0 Å². The standard InChI is InChI=1S/C21H16FN3O4/c1-11-7-8-12(10-13(11)22)25-20-14(4-3-9-23-20)24-18(21(25)29)19(28)17-15(26)5-2-6-16(17)27/h3-4,7-10,17H,2,5-6H2,1H3. The Morgan fingerprint density at radius 3 is 2.55 bits per heavy atom. The van der Waals surface area contributed by atoms with Gasteiger partial charge in [-0.2, -0.15) is 0 Å². The highest BCUT2D eigenvalue weighted by Gasteiger charge is 2.38. The summed E-state index contributed by atoms with van der Waals surface area (Å²) in [5, 5.41) is 0. The second kappa shape index (κ2) is 7.12. The minimum Gasteiger partial charge on any atom is -0.298 e. The van der Waals surface area contributed by atoms with E-state index in [0.29, 0.717) is 12.0 Å². The van der Waals surface area contributed by atoms with Crippen LogP contribution in [-0.2, 0) is 9.59 Å². The summed E-state index contributed by atoms with van der Waals surface area (Å²) < 4.78 is 15.2. The minimum absolute atomic E-state index is 0.106. The third-order valence-corrected chi connectivity index (χ3v) is 5.02. The molecule has 2 heterocycles. The van der Waals surface area contributed by atoms with E-state index >= 15 is 0 Å². The van der Waals surface area contributed by atoms with E-state index in [-0.39, 0.29) is 29.7 Å². The Bertz CT molecular complexity index is 1230. The average Bonchev–Trinajstić information content (AvgIpc) is 2.69. The molecule has 0 amide bonds. The van der Waals surface area contributed by atoms with E-state index in [0.717, 1.165) is 10.6 Å². The first-order valence-corrected chi connectivity index (χ1v) is 9.12. The summed E-state index contributed by atoms with van der Waals surface area (Å²) in [4.78, 5) is 58.8. The molecule has 0 aliphatic heterocycles. The zero-order valence-electron chi connectivity index (χ0n) is 15.5. The number of carbonyl (C=O) groups excluding carboxylic acids is 3. The molecule has 4 rings (SSSR count). The number of benzene rings is 1. The van der Waals surface area contributed by atoms with Crippen molar-refractivity contribution in [3.63, 3.8) is 0 Å². The van der Waals surface area contributed by atoms with Crippen molar-refractivity contribution in [1.82, 2.24) is 14.5 Å².